The SMILES string of the molecule is CC(C)C(C)CNCC(N)C(C)(C)C. The lowest BCUT2D eigenvalue weighted by Crippen LogP contribution is -2.44. The molecule has 0 aliphatic rings. The molecule has 2 nitrogen and oxygen atoms in total. The van der Waals surface area contributed by atoms with Gasteiger partial charge in [-0.2, -0.15) is 0 Å². The van der Waals surface area contributed by atoms with E-state index in [1.807, 2.05) is 0 Å². The van der Waals surface area contributed by atoms with Crippen LogP contribution in [0.2, 0.25) is 0 Å². The van der Waals surface area contributed by atoms with Crippen LogP contribution >= 0.6 is 0 Å². The van der Waals surface area contributed by atoms with Crippen molar-refractivity contribution in [2.24, 2.45) is 23.0 Å². The third kappa shape index (κ3) is 5.61. The van der Waals surface area contributed by atoms with Crippen molar-refractivity contribution in [1.82, 2.24) is 5.32 Å². The zero-order chi connectivity index (χ0) is 11.4. The molecule has 14 heavy (non-hydrogen) atoms. The van der Waals surface area contributed by atoms with Crippen LogP contribution in [0.3, 0.4) is 0 Å². The minimum Gasteiger partial charge on any atom is -0.326 e. The lowest BCUT2D eigenvalue weighted by atomic mass is 9.87. The van der Waals surface area contributed by atoms with E-state index in [1.54, 1.807) is 0 Å². The van der Waals surface area contributed by atoms with Gasteiger partial charge in [-0.25, -0.2) is 0 Å². The molecule has 0 aromatic heterocycles. The van der Waals surface area contributed by atoms with Crippen molar-refractivity contribution >= 4 is 0 Å². The molecule has 0 bridgehead atoms. The molecule has 0 radical (unpaired) electrons. The number of nitrogens with one attached hydrogen (secondary N) is 1. The number of nitrogens with two attached hydrogens (primary N) is 1. The van der Waals surface area contributed by atoms with Gasteiger partial charge in [-0.3, -0.25) is 0 Å². The fourth-order valence-corrected chi connectivity index (χ4v) is 1.01. The van der Waals surface area contributed by atoms with Crippen molar-refractivity contribution in [3.8, 4) is 0 Å². The first kappa shape index (κ1) is 13.9. The summed E-state index contributed by atoms with van der Waals surface area (Å²) in [6, 6.07) is 0.238. The van der Waals surface area contributed by atoms with Crippen molar-refractivity contribution in [2.45, 2.75) is 47.6 Å². The number of hydrogen-bond acceptors (Lipinski definition) is 2. The van der Waals surface area contributed by atoms with Gasteiger partial charge in [0, 0.05) is 12.6 Å². The maximum absolute atomic E-state index is 6.05. The van der Waals surface area contributed by atoms with Crippen molar-refractivity contribution in [3.05, 3.63) is 0 Å². The summed E-state index contributed by atoms with van der Waals surface area (Å²) in [7, 11) is 0. The first-order chi connectivity index (χ1) is 6.25. The van der Waals surface area contributed by atoms with Gasteiger partial charge in [0.2, 0.25) is 0 Å². The molecule has 2 unspecified atom stereocenters. The molecule has 2 heteroatoms. The summed E-state index contributed by atoms with van der Waals surface area (Å²) in [6.45, 7) is 15.3. The summed E-state index contributed by atoms with van der Waals surface area (Å²) in [5, 5.41) is 3.45. The molecule has 0 aromatic carbocycles. The van der Waals surface area contributed by atoms with Gasteiger partial charge in [-0.15, -0.1) is 0 Å². The molecule has 0 aliphatic carbocycles. The second-order valence-corrected chi connectivity index (χ2v) is 5.85. The number of hydrogen-bond donors (Lipinski definition) is 2. The number of rotatable bonds is 5. The second-order valence-electron chi connectivity index (χ2n) is 5.85. The second kappa shape index (κ2) is 5.72. The molecule has 0 saturated carbocycles. The summed E-state index contributed by atoms with van der Waals surface area (Å²) in [5.74, 6) is 1.47. The summed E-state index contributed by atoms with van der Waals surface area (Å²) in [5.41, 5.74) is 6.25. The van der Waals surface area contributed by atoms with Crippen LogP contribution in [0.1, 0.15) is 41.5 Å². The molecule has 0 fully saturated rings. The average molecular weight is 200 g/mol. The van der Waals surface area contributed by atoms with Crippen molar-refractivity contribution in [1.29, 1.82) is 0 Å². The van der Waals surface area contributed by atoms with Crippen molar-refractivity contribution < 1.29 is 0 Å². The Balaban J connectivity index is 3.65. The van der Waals surface area contributed by atoms with Crippen LogP contribution in [0, 0.1) is 17.3 Å². The highest BCUT2D eigenvalue weighted by Gasteiger charge is 2.20. The highest BCUT2D eigenvalue weighted by atomic mass is 14.9. The topological polar surface area (TPSA) is 38.0 Å². The Morgan fingerprint density at radius 3 is 1.93 bits per heavy atom. The van der Waals surface area contributed by atoms with Gasteiger partial charge in [0.15, 0.2) is 0 Å². The van der Waals surface area contributed by atoms with E-state index in [0.29, 0.717) is 0 Å². The van der Waals surface area contributed by atoms with Crippen LogP contribution in [-0.2, 0) is 0 Å². The van der Waals surface area contributed by atoms with Crippen LogP contribution in [0.25, 0.3) is 0 Å². The lowest BCUT2D eigenvalue weighted by molar-refractivity contribution is 0.297. The molecular weight excluding hydrogens is 172 g/mol. The molecule has 0 aromatic rings. The summed E-state index contributed by atoms with van der Waals surface area (Å²) in [4.78, 5) is 0. The van der Waals surface area contributed by atoms with Crippen molar-refractivity contribution in [3.63, 3.8) is 0 Å². The predicted octanol–water partition coefficient (Wildman–Crippen LogP) is 2.24. The summed E-state index contributed by atoms with van der Waals surface area (Å²) >= 11 is 0. The van der Waals surface area contributed by atoms with E-state index in [-0.39, 0.29) is 11.5 Å². The van der Waals surface area contributed by atoms with E-state index in [4.69, 9.17) is 5.73 Å². The minimum atomic E-state index is 0.202. The quantitative estimate of drug-likeness (QED) is 0.714. The van der Waals surface area contributed by atoms with Gasteiger partial charge in [-0.05, 0) is 23.8 Å². The maximum atomic E-state index is 6.05. The molecule has 0 saturated heterocycles. The predicted molar refractivity (Wildman–Crippen MR) is 64.3 cm³/mol. The summed E-state index contributed by atoms with van der Waals surface area (Å²) in [6.07, 6.45) is 0. The lowest BCUT2D eigenvalue weighted by Gasteiger charge is -2.28. The Kier molecular flexibility index (Phi) is 5.68. The van der Waals surface area contributed by atoms with Crippen molar-refractivity contribution in [2.75, 3.05) is 13.1 Å². The minimum absolute atomic E-state index is 0.202. The first-order valence-electron chi connectivity index (χ1n) is 5.71. The molecule has 2 atom stereocenters. The van der Waals surface area contributed by atoms with Gasteiger partial charge in [-0.1, -0.05) is 41.5 Å². The molecule has 0 amide bonds. The van der Waals surface area contributed by atoms with Crippen LogP contribution in [0.15, 0.2) is 0 Å². The van der Waals surface area contributed by atoms with E-state index in [9.17, 15) is 0 Å². The molecular formula is C12H28N2. The standard InChI is InChI=1S/C12H28N2/c1-9(2)10(3)7-14-8-11(13)12(4,5)6/h9-11,14H,7-8,13H2,1-6H3. The Bertz CT molecular complexity index is 147. The molecule has 0 heterocycles. The fraction of sp³-hybridized carbons (Fsp3) is 1.00. The van der Waals surface area contributed by atoms with E-state index in [2.05, 4.69) is 46.9 Å². The first-order valence-corrected chi connectivity index (χ1v) is 5.71. The van der Waals surface area contributed by atoms with Gasteiger partial charge >= 0.3 is 0 Å². The van der Waals surface area contributed by atoms with Crippen LogP contribution < -0.4 is 11.1 Å². The van der Waals surface area contributed by atoms with Gasteiger partial charge in [0.25, 0.3) is 0 Å². The van der Waals surface area contributed by atoms with E-state index >= 15 is 0 Å². The van der Waals surface area contributed by atoms with E-state index < -0.39 is 0 Å². The third-order valence-corrected chi connectivity index (χ3v) is 3.08. The Morgan fingerprint density at radius 1 is 1.07 bits per heavy atom. The molecule has 0 aliphatic heterocycles. The highest BCUT2D eigenvalue weighted by molar-refractivity contribution is 4.79. The maximum Gasteiger partial charge on any atom is 0.0214 e. The van der Waals surface area contributed by atoms with Gasteiger partial charge < -0.3 is 11.1 Å². The normalized spacial score (nSPS) is 17.1. The third-order valence-electron chi connectivity index (χ3n) is 3.08. The van der Waals surface area contributed by atoms with Gasteiger partial charge in [0.1, 0.15) is 0 Å². The van der Waals surface area contributed by atoms with E-state index in [1.165, 1.54) is 0 Å². The summed E-state index contributed by atoms with van der Waals surface area (Å²) < 4.78 is 0. The van der Waals surface area contributed by atoms with Crippen LogP contribution in [-0.4, -0.2) is 19.1 Å². The average Bonchev–Trinajstić information content (AvgIpc) is 2.01. The van der Waals surface area contributed by atoms with E-state index in [0.717, 1.165) is 24.9 Å². The van der Waals surface area contributed by atoms with Gasteiger partial charge in [0.05, 0.1) is 0 Å². The largest absolute Gasteiger partial charge is 0.326 e. The smallest absolute Gasteiger partial charge is 0.0214 e. The Morgan fingerprint density at radius 2 is 1.57 bits per heavy atom. The molecule has 86 valence electrons. The fourth-order valence-electron chi connectivity index (χ4n) is 1.01. The molecule has 3 N–H and O–H groups in total. The molecule has 0 spiro atoms. The van der Waals surface area contributed by atoms with Crippen LogP contribution in [0.4, 0.5) is 0 Å². The zero-order valence-corrected chi connectivity index (χ0v) is 10.7. The zero-order valence-electron chi connectivity index (χ0n) is 10.7. The Hall–Kier alpha value is -0.0800. The highest BCUT2D eigenvalue weighted by Crippen LogP contribution is 2.16. The van der Waals surface area contributed by atoms with Crippen LogP contribution in [0.5, 0.6) is 0 Å². The Labute approximate surface area is 89.6 Å². The monoisotopic (exact) mass is 200 g/mol. The molecule has 0 rings (SSSR count).